The van der Waals surface area contributed by atoms with E-state index in [0.29, 0.717) is 45.4 Å². The van der Waals surface area contributed by atoms with Crippen LogP contribution in [-0.4, -0.2) is 32.6 Å². The van der Waals surface area contributed by atoms with Crippen LogP contribution in [0.15, 0.2) is 34.9 Å². The summed E-state index contributed by atoms with van der Waals surface area (Å²) in [4.78, 5) is 17.6. The van der Waals surface area contributed by atoms with Crippen molar-refractivity contribution in [1.29, 1.82) is 0 Å². The summed E-state index contributed by atoms with van der Waals surface area (Å²) < 4.78 is 17.9. The Labute approximate surface area is 165 Å². The van der Waals surface area contributed by atoms with E-state index < -0.39 is 0 Å². The molecule has 5 rings (SSSR count). The monoisotopic (exact) mass is 391 g/mol. The van der Waals surface area contributed by atoms with Crippen LogP contribution in [0.5, 0.6) is 11.5 Å². The quantitative estimate of drug-likeness (QED) is 0.572. The predicted molar refractivity (Wildman–Crippen MR) is 104 cm³/mol. The maximum Gasteiger partial charge on any atom is 0.259 e. The van der Waals surface area contributed by atoms with Gasteiger partial charge in [-0.25, -0.2) is 4.98 Å². The third kappa shape index (κ3) is 2.87. The standard InChI is InChI=1S/C20H17N5O4/c1-10-6-17(23-25(10)3)22-19(26)13-8-14(21-20-18(13)11(2)24-29-20)12-4-5-15-16(7-12)28-9-27-15/h4-8H,9H2,1-3H3,(H,22,23,26). The molecular formula is C20H17N5O4. The van der Waals surface area contributed by atoms with Gasteiger partial charge in [0, 0.05) is 24.4 Å². The summed E-state index contributed by atoms with van der Waals surface area (Å²) >= 11 is 0. The molecule has 1 aliphatic rings. The van der Waals surface area contributed by atoms with Crippen molar-refractivity contribution < 1.29 is 18.8 Å². The van der Waals surface area contributed by atoms with Gasteiger partial charge in [-0.15, -0.1) is 0 Å². The maximum atomic E-state index is 13.1. The van der Waals surface area contributed by atoms with E-state index in [-0.39, 0.29) is 12.7 Å². The zero-order chi connectivity index (χ0) is 20.1. The second-order valence-electron chi connectivity index (χ2n) is 6.82. The molecule has 4 aromatic rings. The molecule has 0 saturated heterocycles. The lowest BCUT2D eigenvalue weighted by molar-refractivity contribution is 0.102. The fourth-order valence-corrected chi connectivity index (χ4v) is 3.28. The van der Waals surface area contributed by atoms with Crippen molar-refractivity contribution in [1.82, 2.24) is 19.9 Å². The van der Waals surface area contributed by atoms with Crippen molar-refractivity contribution in [3.05, 3.63) is 47.3 Å². The van der Waals surface area contributed by atoms with Gasteiger partial charge in [-0.1, -0.05) is 5.16 Å². The average Bonchev–Trinajstić information content (AvgIpc) is 3.40. The number of hydrogen-bond donors (Lipinski definition) is 1. The molecule has 0 unspecified atom stereocenters. The number of anilines is 1. The number of carbonyl (C=O) groups is 1. The first-order chi connectivity index (χ1) is 14.0. The normalized spacial score (nSPS) is 12.5. The van der Waals surface area contributed by atoms with E-state index in [1.807, 2.05) is 32.2 Å². The summed E-state index contributed by atoms with van der Waals surface area (Å²) in [6, 6.07) is 9.01. The zero-order valence-electron chi connectivity index (χ0n) is 16.0. The fourth-order valence-electron chi connectivity index (χ4n) is 3.28. The van der Waals surface area contributed by atoms with Crippen molar-refractivity contribution in [2.24, 2.45) is 7.05 Å². The Hall–Kier alpha value is -3.88. The summed E-state index contributed by atoms with van der Waals surface area (Å²) in [5.41, 5.74) is 3.56. The number of rotatable bonds is 3. The number of amides is 1. The highest BCUT2D eigenvalue weighted by Gasteiger charge is 2.21. The van der Waals surface area contributed by atoms with Crippen LogP contribution < -0.4 is 14.8 Å². The molecule has 0 atom stereocenters. The molecule has 1 amide bonds. The summed E-state index contributed by atoms with van der Waals surface area (Å²) in [6.07, 6.45) is 0. The van der Waals surface area contributed by atoms with Crippen LogP contribution in [0.25, 0.3) is 22.4 Å². The molecule has 3 aromatic heterocycles. The van der Waals surface area contributed by atoms with E-state index in [9.17, 15) is 4.79 Å². The molecule has 0 bridgehead atoms. The summed E-state index contributed by atoms with van der Waals surface area (Å²) in [5.74, 6) is 1.46. The van der Waals surface area contributed by atoms with Gasteiger partial charge in [0.15, 0.2) is 17.3 Å². The van der Waals surface area contributed by atoms with Crippen LogP contribution in [0, 0.1) is 13.8 Å². The van der Waals surface area contributed by atoms with Crippen molar-refractivity contribution in [3.63, 3.8) is 0 Å². The molecular weight excluding hydrogens is 374 g/mol. The van der Waals surface area contributed by atoms with E-state index in [4.69, 9.17) is 14.0 Å². The summed E-state index contributed by atoms with van der Waals surface area (Å²) in [5, 5.41) is 11.7. The van der Waals surface area contributed by atoms with E-state index in [1.165, 1.54) is 0 Å². The highest BCUT2D eigenvalue weighted by atomic mass is 16.7. The number of carbonyl (C=O) groups excluding carboxylic acids is 1. The largest absolute Gasteiger partial charge is 0.454 e. The molecule has 9 nitrogen and oxygen atoms in total. The van der Waals surface area contributed by atoms with Crippen molar-refractivity contribution in [2.45, 2.75) is 13.8 Å². The number of fused-ring (bicyclic) bond motifs is 2. The Morgan fingerprint density at radius 2 is 1.97 bits per heavy atom. The average molecular weight is 391 g/mol. The van der Waals surface area contributed by atoms with Crippen molar-refractivity contribution in [2.75, 3.05) is 12.1 Å². The third-order valence-corrected chi connectivity index (χ3v) is 4.89. The summed E-state index contributed by atoms with van der Waals surface area (Å²) in [6.45, 7) is 3.87. The second-order valence-corrected chi connectivity index (χ2v) is 6.82. The number of nitrogens with one attached hydrogen (secondary N) is 1. The Morgan fingerprint density at radius 3 is 2.76 bits per heavy atom. The minimum atomic E-state index is -0.316. The molecule has 4 heterocycles. The first-order valence-electron chi connectivity index (χ1n) is 8.98. The molecule has 146 valence electrons. The summed E-state index contributed by atoms with van der Waals surface area (Å²) in [7, 11) is 1.82. The molecule has 1 aromatic carbocycles. The van der Waals surface area contributed by atoms with E-state index >= 15 is 0 Å². The number of aryl methyl sites for hydroxylation is 3. The van der Waals surface area contributed by atoms with Gasteiger partial charge < -0.3 is 19.3 Å². The van der Waals surface area contributed by atoms with Gasteiger partial charge in [0.05, 0.1) is 22.3 Å². The number of pyridine rings is 1. The van der Waals surface area contributed by atoms with Crippen LogP contribution in [0.4, 0.5) is 5.82 Å². The van der Waals surface area contributed by atoms with Gasteiger partial charge in [-0.05, 0) is 38.1 Å². The fraction of sp³-hybridized carbons (Fsp3) is 0.200. The number of nitrogens with zero attached hydrogens (tertiary/aromatic N) is 4. The Bertz CT molecular complexity index is 1250. The van der Waals surface area contributed by atoms with Crippen molar-refractivity contribution in [3.8, 4) is 22.8 Å². The number of hydrogen-bond acceptors (Lipinski definition) is 7. The lowest BCUT2D eigenvalue weighted by atomic mass is 10.0. The van der Waals surface area contributed by atoms with Gasteiger partial charge in [-0.2, -0.15) is 5.10 Å². The van der Waals surface area contributed by atoms with Gasteiger partial charge in [0.25, 0.3) is 11.6 Å². The van der Waals surface area contributed by atoms with Gasteiger partial charge >= 0.3 is 0 Å². The minimum Gasteiger partial charge on any atom is -0.454 e. The Balaban J connectivity index is 1.60. The van der Waals surface area contributed by atoms with E-state index in [0.717, 1.165) is 11.3 Å². The highest BCUT2D eigenvalue weighted by molar-refractivity contribution is 6.12. The Kier molecular flexibility index (Phi) is 3.76. The molecule has 1 aliphatic heterocycles. The highest BCUT2D eigenvalue weighted by Crippen LogP contribution is 2.36. The Morgan fingerprint density at radius 1 is 1.14 bits per heavy atom. The molecule has 1 N–H and O–H groups in total. The van der Waals surface area contributed by atoms with E-state index in [1.54, 1.807) is 23.7 Å². The molecule has 0 fully saturated rings. The first-order valence-corrected chi connectivity index (χ1v) is 8.98. The lowest BCUT2D eigenvalue weighted by Gasteiger charge is -2.07. The minimum absolute atomic E-state index is 0.184. The molecule has 29 heavy (non-hydrogen) atoms. The second kappa shape index (κ2) is 6.33. The van der Waals surface area contributed by atoms with Gasteiger partial charge in [-0.3, -0.25) is 9.48 Å². The first kappa shape index (κ1) is 17.2. The smallest absolute Gasteiger partial charge is 0.259 e. The zero-order valence-corrected chi connectivity index (χ0v) is 16.0. The van der Waals surface area contributed by atoms with Crippen molar-refractivity contribution >= 4 is 22.8 Å². The topological polar surface area (TPSA) is 104 Å². The lowest BCUT2D eigenvalue weighted by Crippen LogP contribution is -2.13. The number of aromatic nitrogens is 4. The van der Waals surface area contributed by atoms with Crippen LogP contribution in [0.1, 0.15) is 21.7 Å². The number of ether oxygens (including phenoxy) is 2. The molecule has 0 spiro atoms. The van der Waals surface area contributed by atoms with E-state index in [2.05, 4.69) is 20.6 Å². The van der Waals surface area contributed by atoms with Crippen LogP contribution in [0.2, 0.25) is 0 Å². The maximum absolute atomic E-state index is 13.1. The molecule has 0 aliphatic carbocycles. The molecule has 0 saturated carbocycles. The van der Waals surface area contributed by atoms with Crippen LogP contribution >= 0.6 is 0 Å². The SMILES string of the molecule is Cc1noc2nc(-c3ccc4c(c3)OCO4)cc(C(=O)Nc3cc(C)n(C)n3)c12. The van der Waals surface area contributed by atoms with Crippen LogP contribution in [-0.2, 0) is 7.05 Å². The van der Waals surface area contributed by atoms with Gasteiger partial charge in [0.2, 0.25) is 6.79 Å². The predicted octanol–water partition coefficient (Wildman–Crippen LogP) is 3.22. The molecule has 0 radical (unpaired) electrons. The number of benzene rings is 1. The third-order valence-electron chi connectivity index (χ3n) is 4.89. The molecule has 9 heteroatoms. The van der Waals surface area contributed by atoms with Crippen LogP contribution in [0.3, 0.4) is 0 Å². The van der Waals surface area contributed by atoms with Gasteiger partial charge in [0.1, 0.15) is 0 Å².